The molecule has 0 aliphatic carbocycles. The fourth-order valence-corrected chi connectivity index (χ4v) is 2.81. The molecule has 1 aromatic heterocycles. The molecule has 1 fully saturated rings. The van der Waals surface area contributed by atoms with E-state index in [-0.39, 0.29) is 12.5 Å². The second kappa shape index (κ2) is 5.70. The van der Waals surface area contributed by atoms with Crippen molar-refractivity contribution in [2.45, 2.75) is 13.3 Å². The SMILES string of the molecule is C[C@]1(C(=O)O)CCN(C(=O)c2cc(-c3ccc(Cl)cc3)n[nH]2)C1. The minimum atomic E-state index is -0.880. The molecule has 23 heavy (non-hydrogen) atoms. The van der Waals surface area contributed by atoms with Gasteiger partial charge in [-0.2, -0.15) is 5.10 Å². The van der Waals surface area contributed by atoms with Gasteiger partial charge >= 0.3 is 5.97 Å². The molecular weight excluding hydrogens is 318 g/mol. The van der Waals surface area contributed by atoms with Gasteiger partial charge in [-0.05, 0) is 31.5 Å². The van der Waals surface area contributed by atoms with Crippen LogP contribution in [0.1, 0.15) is 23.8 Å². The van der Waals surface area contributed by atoms with Crippen LogP contribution >= 0.6 is 11.6 Å². The van der Waals surface area contributed by atoms with Gasteiger partial charge in [-0.3, -0.25) is 14.7 Å². The van der Waals surface area contributed by atoms with Crippen molar-refractivity contribution in [1.82, 2.24) is 15.1 Å². The Hall–Kier alpha value is -2.34. The highest BCUT2D eigenvalue weighted by molar-refractivity contribution is 6.30. The van der Waals surface area contributed by atoms with E-state index < -0.39 is 11.4 Å². The molecule has 1 atom stereocenters. The standard InChI is InChI=1S/C16H16ClN3O3/c1-16(15(22)23)6-7-20(9-16)14(21)13-8-12(18-19-13)10-2-4-11(17)5-3-10/h2-5,8H,6-7,9H2,1H3,(H,18,19)(H,22,23)/t16-/m0/s1. The average Bonchev–Trinajstić information content (AvgIpc) is 3.15. The molecule has 0 unspecified atom stereocenters. The van der Waals surface area contributed by atoms with Gasteiger partial charge in [0.05, 0.1) is 11.1 Å². The molecule has 0 radical (unpaired) electrons. The third-order valence-electron chi connectivity index (χ3n) is 4.23. The Morgan fingerprint density at radius 3 is 2.65 bits per heavy atom. The number of amides is 1. The molecule has 2 N–H and O–H groups in total. The van der Waals surface area contributed by atoms with Crippen molar-refractivity contribution in [3.8, 4) is 11.3 Å². The molecule has 7 heteroatoms. The molecule has 0 bridgehead atoms. The maximum absolute atomic E-state index is 12.5. The van der Waals surface area contributed by atoms with Gasteiger partial charge in [-0.15, -0.1) is 0 Å². The predicted molar refractivity (Wildman–Crippen MR) is 85.3 cm³/mol. The number of benzene rings is 1. The van der Waals surface area contributed by atoms with Crippen molar-refractivity contribution >= 4 is 23.5 Å². The molecule has 1 aliphatic rings. The molecule has 6 nitrogen and oxygen atoms in total. The molecule has 120 valence electrons. The zero-order valence-electron chi connectivity index (χ0n) is 12.5. The summed E-state index contributed by atoms with van der Waals surface area (Å²) in [5.74, 6) is -1.11. The Morgan fingerprint density at radius 2 is 2.04 bits per heavy atom. The topological polar surface area (TPSA) is 86.3 Å². The van der Waals surface area contributed by atoms with E-state index in [2.05, 4.69) is 10.2 Å². The lowest BCUT2D eigenvalue weighted by molar-refractivity contribution is -0.147. The highest BCUT2D eigenvalue weighted by Gasteiger charge is 2.42. The van der Waals surface area contributed by atoms with Crippen LogP contribution in [0.5, 0.6) is 0 Å². The first kappa shape index (κ1) is 15.6. The van der Waals surface area contributed by atoms with Gasteiger partial charge in [0.2, 0.25) is 0 Å². The zero-order chi connectivity index (χ0) is 16.6. The first-order chi connectivity index (χ1) is 10.9. The van der Waals surface area contributed by atoms with Crippen LogP contribution in [0.4, 0.5) is 0 Å². The molecule has 0 spiro atoms. The second-order valence-corrected chi connectivity index (χ2v) is 6.45. The number of aromatic amines is 1. The van der Waals surface area contributed by atoms with Crippen molar-refractivity contribution in [1.29, 1.82) is 0 Å². The van der Waals surface area contributed by atoms with E-state index in [0.29, 0.717) is 29.4 Å². The van der Waals surface area contributed by atoms with E-state index >= 15 is 0 Å². The highest BCUT2D eigenvalue weighted by Crippen LogP contribution is 2.31. The quantitative estimate of drug-likeness (QED) is 0.904. The van der Waals surface area contributed by atoms with E-state index in [4.69, 9.17) is 11.6 Å². The minimum absolute atomic E-state index is 0.205. The first-order valence-corrected chi connectivity index (χ1v) is 7.61. The number of rotatable bonds is 3. The Bertz CT molecular complexity index is 756. The summed E-state index contributed by atoms with van der Waals surface area (Å²) in [7, 11) is 0. The third-order valence-corrected chi connectivity index (χ3v) is 4.48. The zero-order valence-corrected chi connectivity index (χ0v) is 13.3. The summed E-state index contributed by atoms with van der Waals surface area (Å²) in [6, 6.07) is 8.83. The van der Waals surface area contributed by atoms with E-state index in [9.17, 15) is 14.7 Å². The number of nitrogens with zero attached hydrogens (tertiary/aromatic N) is 2. The summed E-state index contributed by atoms with van der Waals surface area (Å²) in [4.78, 5) is 25.3. The summed E-state index contributed by atoms with van der Waals surface area (Å²) in [6.45, 7) is 2.29. The lowest BCUT2D eigenvalue weighted by Gasteiger charge is -2.19. The number of aliphatic carboxylic acids is 1. The van der Waals surface area contributed by atoms with Crippen LogP contribution in [-0.4, -0.2) is 45.2 Å². The maximum atomic E-state index is 12.5. The van der Waals surface area contributed by atoms with Gasteiger partial charge in [-0.1, -0.05) is 23.7 Å². The van der Waals surface area contributed by atoms with Gasteiger partial charge in [0, 0.05) is 23.7 Å². The number of carboxylic acids is 1. The van der Waals surface area contributed by atoms with Crippen LogP contribution in [0.15, 0.2) is 30.3 Å². The molecule has 2 aromatic rings. The molecular formula is C16H16ClN3O3. The molecule has 1 aliphatic heterocycles. The third kappa shape index (κ3) is 2.94. The van der Waals surface area contributed by atoms with Crippen LogP contribution < -0.4 is 0 Å². The van der Waals surface area contributed by atoms with Crippen molar-refractivity contribution in [2.24, 2.45) is 5.41 Å². The maximum Gasteiger partial charge on any atom is 0.311 e. The van der Waals surface area contributed by atoms with Gasteiger partial charge in [0.15, 0.2) is 0 Å². The predicted octanol–water partition coefficient (Wildman–Crippen LogP) is 2.67. The number of nitrogens with one attached hydrogen (secondary N) is 1. The van der Waals surface area contributed by atoms with E-state index in [1.165, 1.54) is 0 Å². The fraction of sp³-hybridized carbons (Fsp3) is 0.312. The van der Waals surface area contributed by atoms with E-state index in [0.717, 1.165) is 5.56 Å². The summed E-state index contributed by atoms with van der Waals surface area (Å²) in [5.41, 5.74) is 0.964. The van der Waals surface area contributed by atoms with E-state index in [1.807, 2.05) is 12.1 Å². The Labute approximate surface area is 138 Å². The number of likely N-dealkylation sites (tertiary alicyclic amines) is 1. The normalized spacial score (nSPS) is 20.7. The lowest BCUT2D eigenvalue weighted by Crippen LogP contribution is -2.35. The fourth-order valence-electron chi connectivity index (χ4n) is 2.68. The number of carbonyl (C=O) groups is 2. The van der Waals surface area contributed by atoms with Crippen molar-refractivity contribution in [3.63, 3.8) is 0 Å². The van der Waals surface area contributed by atoms with Gasteiger partial charge in [0.25, 0.3) is 5.91 Å². The largest absolute Gasteiger partial charge is 0.481 e. The molecule has 1 amide bonds. The number of carbonyl (C=O) groups excluding carboxylic acids is 1. The minimum Gasteiger partial charge on any atom is -0.481 e. The van der Waals surface area contributed by atoms with Crippen LogP contribution in [-0.2, 0) is 4.79 Å². The van der Waals surface area contributed by atoms with Crippen LogP contribution in [0, 0.1) is 5.41 Å². The molecule has 2 heterocycles. The van der Waals surface area contributed by atoms with Gasteiger partial charge < -0.3 is 10.0 Å². The number of hydrogen-bond acceptors (Lipinski definition) is 3. The summed E-state index contributed by atoms with van der Waals surface area (Å²) in [5, 5.41) is 16.8. The number of aromatic nitrogens is 2. The molecule has 0 saturated carbocycles. The van der Waals surface area contributed by atoms with Gasteiger partial charge in [-0.25, -0.2) is 0 Å². The van der Waals surface area contributed by atoms with Gasteiger partial charge in [0.1, 0.15) is 5.69 Å². The molecule has 3 rings (SSSR count). The first-order valence-electron chi connectivity index (χ1n) is 7.23. The van der Waals surface area contributed by atoms with Crippen LogP contribution in [0.2, 0.25) is 5.02 Å². The van der Waals surface area contributed by atoms with Crippen LogP contribution in [0.3, 0.4) is 0 Å². The van der Waals surface area contributed by atoms with Crippen molar-refractivity contribution in [2.75, 3.05) is 13.1 Å². The molecule has 1 saturated heterocycles. The Kier molecular flexibility index (Phi) is 3.85. The molecule has 1 aromatic carbocycles. The highest BCUT2D eigenvalue weighted by atomic mass is 35.5. The number of hydrogen-bond donors (Lipinski definition) is 2. The monoisotopic (exact) mass is 333 g/mol. The Balaban J connectivity index is 1.77. The van der Waals surface area contributed by atoms with E-state index in [1.54, 1.807) is 30.0 Å². The smallest absolute Gasteiger partial charge is 0.311 e. The van der Waals surface area contributed by atoms with Crippen molar-refractivity contribution < 1.29 is 14.7 Å². The van der Waals surface area contributed by atoms with Crippen LogP contribution in [0.25, 0.3) is 11.3 Å². The Morgan fingerprint density at radius 1 is 1.35 bits per heavy atom. The number of halogens is 1. The lowest BCUT2D eigenvalue weighted by atomic mass is 9.90. The number of H-pyrrole nitrogens is 1. The van der Waals surface area contributed by atoms with Crippen molar-refractivity contribution in [3.05, 3.63) is 41.0 Å². The number of carboxylic acid groups (broad SMARTS) is 1. The average molecular weight is 334 g/mol. The summed E-state index contributed by atoms with van der Waals surface area (Å²) < 4.78 is 0. The summed E-state index contributed by atoms with van der Waals surface area (Å²) in [6.07, 6.45) is 0.451. The second-order valence-electron chi connectivity index (χ2n) is 6.02. The summed E-state index contributed by atoms with van der Waals surface area (Å²) >= 11 is 5.86.